The fourth-order valence-corrected chi connectivity index (χ4v) is 2.60. The fraction of sp³-hybridized carbons (Fsp3) is 0.125. The van der Waals surface area contributed by atoms with Gasteiger partial charge in [0.1, 0.15) is 0 Å². The van der Waals surface area contributed by atoms with Gasteiger partial charge in [-0.1, -0.05) is 30.3 Å². The van der Waals surface area contributed by atoms with Crippen molar-refractivity contribution in [2.75, 3.05) is 5.88 Å². The van der Waals surface area contributed by atoms with Crippen LogP contribution < -0.4 is 11.5 Å². The summed E-state index contributed by atoms with van der Waals surface area (Å²) in [6, 6.07) is 12.1. The van der Waals surface area contributed by atoms with Gasteiger partial charge in [0.15, 0.2) is 0 Å². The van der Waals surface area contributed by atoms with Crippen molar-refractivity contribution >= 4 is 22.6 Å². The molecule has 1 heterocycles. The van der Waals surface area contributed by atoms with Crippen molar-refractivity contribution in [1.82, 2.24) is 4.98 Å². The molecule has 0 saturated carbocycles. The molecular formula is C16H17N3OS. The summed E-state index contributed by atoms with van der Waals surface area (Å²) in [6.45, 7) is 0. The minimum absolute atomic E-state index is 0.217. The quantitative estimate of drug-likeness (QED) is 0.803. The number of hydrogen-bond donors (Lipinski definition) is 2. The summed E-state index contributed by atoms with van der Waals surface area (Å²) in [5, 5.41) is 0. The zero-order valence-electron chi connectivity index (χ0n) is 11.5. The van der Waals surface area contributed by atoms with Crippen molar-refractivity contribution < 1.29 is 4.79 Å². The Labute approximate surface area is 128 Å². The molecule has 0 saturated heterocycles. The summed E-state index contributed by atoms with van der Waals surface area (Å²) in [7, 11) is 0. The van der Waals surface area contributed by atoms with Crippen LogP contribution in [0.2, 0.25) is 0 Å². The first kappa shape index (κ1) is 15.3. The Hall–Kier alpha value is -2.11. The van der Waals surface area contributed by atoms with E-state index in [0.717, 1.165) is 21.6 Å². The van der Waals surface area contributed by atoms with Gasteiger partial charge in [-0.3, -0.25) is 9.78 Å². The van der Waals surface area contributed by atoms with Gasteiger partial charge in [0.2, 0.25) is 5.91 Å². The van der Waals surface area contributed by atoms with E-state index in [9.17, 15) is 4.79 Å². The standard InChI is InChI=1S/C16H17N3OS/c17-11-21-15(5-6-16(18)20)14-3-1-12(2-4-14)13-7-9-19-10-8-13/h1-5,7-10H,6,11,17H2,(H2,18,20)/b15-5-. The first-order valence-corrected chi connectivity index (χ1v) is 7.51. The van der Waals surface area contributed by atoms with Crippen LogP contribution in [-0.4, -0.2) is 16.8 Å². The molecule has 0 aliphatic rings. The van der Waals surface area contributed by atoms with Gasteiger partial charge in [0, 0.05) is 29.6 Å². The van der Waals surface area contributed by atoms with Crippen LogP contribution in [0.25, 0.3) is 16.0 Å². The molecule has 0 bridgehead atoms. The van der Waals surface area contributed by atoms with Crippen molar-refractivity contribution in [3.63, 3.8) is 0 Å². The van der Waals surface area contributed by atoms with Crippen LogP contribution in [0.15, 0.2) is 54.9 Å². The summed E-state index contributed by atoms with van der Waals surface area (Å²) < 4.78 is 0. The number of hydrogen-bond acceptors (Lipinski definition) is 4. The lowest BCUT2D eigenvalue weighted by molar-refractivity contribution is -0.117. The van der Waals surface area contributed by atoms with Gasteiger partial charge < -0.3 is 11.5 Å². The molecule has 21 heavy (non-hydrogen) atoms. The van der Waals surface area contributed by atoms with E-state index in [2.05, 4.69) is 4.98 Å². The third-order valence-corrected chi connectivity index (χ3v) is 3.79. The maximum Gasteiger partial charge on any atom is 0.221 e. The summed E-state index contributed by atoms with van der Waals surface area (Å²) in [5.74, 6) is 0.106. The number of amides is 1. The van der Waals surface area contributed by atoms with Crippen molar-refractivity contribution in [1.29, 1.82) is 0 Å². The van der Waals surface area contributed by atoms with E-state index >= 15 is 0 Å². The van der Waals surface area contributed by atoms with E-state index in [0.29, 0.717) is 5.88 Å². The number of rotatable bonds is 6. The molecular weight excluding hydrogens is 282 g/mol. The van der Waals surface area contributed by atoms with Crippen molar-refractivity contribution in [2.24, 2.45) is 11.5 Å². The molecule has 0 unspecified atom stereocenters. The Morgan fingerprint density at radius 3 is 2.29 bits per heavy atom. The van der Waals surface area contributed by atoms with E-state index in [-0.39, 0.29) is 12.3 Å². The minimum atomic E-state index is -0.349. The maximum absolute atomic E-state index is 10.9. The molecule has 2 rings (SSSR count). The molecule has 108 valence electrons. The third-order valence-electron chi connectivity index (χ3n) is 2.91. The summed E-state index contributed by atoms with van der Waals surface area (Å²) in [6.07, 6.45) is 5.58. The number of aromatic nitrogens is 1. The molecule has 0 radical (unpaired) electrons. The Balaban J connectivity index is 2.23. The van der Waals surface area contributed by atoms with Gasteiger partial charge in [-0.2, -0.15) is 0 Å². The van der Waals surface area contributed by atoms with Crippen molar-refractivity contribution in [3.8, 4) is 11.1 Å². The average Bonchev–Trinajstić information content (AvgIpc) is 2.52. The number of carbonyl (C=O) groups excluding carboxylic acids is 1. The lowest BCUT2D eigenvalue weighted by Gasteiger charge is -2.08. The Bertz CT molecular complexity index is 624. The highest BCUT2D eigenvalue weighted by Gasteiger charge is 2.04. The van der Waals surface area contributed by atoms with Crippen LogP contribution in [0.3, 0.4) is 0 Å². The molecule has 0 spiro atoms. The predicted octanol–water partition coefficient (Wildman–Crippen LogP) is 2.61. The molecule has 0 aliphatic carbocycles. The van der Waals surface area contributed by atoms with Crippen LogP contribution in [0, 0.1) is 0 Å². The molecule has 1 aromatic carbocycles. The minimum Gasteiger partial charge on any atom is -0.369 e. The van der Waals surface area contributed by atoms with E-state index in [1.54, 1.807) is 12.4 Å². The second kappa shape index (κ2) is 7.61. The molecule has 0 fully saturated rings. The van der Waals surface area contributed by atoms with Gasteiger partial charge >= 0.3 is 0 Å². The molecule has 1 aromatic heterocycles. The number of primary amides is 1. The highest BCUT2D eigenvalue weighted by atomic mass is 32.2. The zero-order valence-corrected chi connectivity index (χ0v) is 12.3. The van der Waals surface area contributed by atoms with Crippen molar-refractivity contribution in [3.05, 3.63) is 60.4 Å². The third kappa shape index (κ3) is 4.44. The normalized spacial score (nSPS) is 11.4. The fourth-order valence-electron chi connectivity index (χ4n) is 1.91. The number of thioether (sulfide) groups is 1. The number of nitrogens with zero attached hydrogens (tertiary/aromatic N) is 1. The van der Waals surface area contributed by atoms with Crippen LogP contribution in [0.1, 0.15) is 12.0 Å². The average molecular weight is 299 g/mol. The highest BCUT2D eigenvalue weighted by Crippen LogP contribution is 2.29. The number of nitrogens with two attached hydrogens (primary N) is 2. The first-order chi connectivity index (χ1) is 10.2. The molecule has 0 atom stereocenters. The lowest BCUT2D eigenvalue weighted by Crippen LogP contribution is -2.08. The van der Waals surface area contributed by atoms with Crippen LogP contribution in [0.5, 0.6) is 0 Å². The summed E-state index contributed by atoms with van der Waals surface area (Å²) in [5.41, 5.74) is 14.0. The second-order valence-corrected chi connectivity index (χ2v) is 5.42. The number of pyridine rings is 1. The highest BCUT2D eigenvalue weighted by molar-refractivity contribution is 8.08. The van der Waals surface area contributed by atoms with Gasteiger partial charge in [-0.25, -0.2) is 0 Å². The first-order valence-electron chi connectivity index (χ1n) is 6.53. The molecule has 1 amide bonds. The lowest BCUT2D eigenvalue weighted by atomic mass is 10.0. The van der Waals surface area contributed by atoms with E-state index < -0.39 is 0 Å². The monoisotopic (exact) mass is 299 g/mol. The second-order valence-electron chi connectivity index (χ2n) is 4.36. The molecule has 0 aliphatic heterocycles. The SMILES string of the molecule is NCS/C(=C\CC(N)=O)c1ccc(-c2ccncc2)cc1. The van der Waals surface area contributed by atoms with Gasteiger partial charge in [-0.05, 0) is 28.8 Å². The smallest absolute Gasteiger partial charge is 0.221 e. The Morgan fingerprint density at radius 2 is 1.71 bits per heavy atom. The van der Waals surface area contributed by atoms with E-state index in [1.807, 2.05) is 42.5 Å². The molecule has 4 N–H and O–H groups in total. The molecule has 5 heteroatoms. The van der Waals surface area contributed by atoms with Gasteiger partial charge in [0.25, 0.3) is 0 Å². The van der Waals surface area contributed by atoms with Crippen LogP contribution in [0.4, 0.5) is 0 Å². The summed E-state index contributed by atoms with van der Waals surface area (Å²) >= 11 is 1.49. The number of benzene rings is 1. The van der Waals surface area contributed by atoms with E-state index in [4.69, 9.17) is 11.5 Å². The predicted molar refractivity (Wildman–Crippen MR) is 88.1 cm³/mol. The van der Waals surface area contributed by atoms with Gasteiger partial charge in [-0.15, -0.1) is 11.8 Å². The van der Waals surface area contributed by atoms with Gasteiger partial charge in [0.05, 0.1) is 0 Å². The van der Waals surface area contributed by atoms with Crippen LogP contribution in [-0.2, 0) is 4.79 Å². The maximum atomic E-state index is 10.9. The largest absolute Gasteiger partial charge is 0.369 e. The zero-order chi connectivity index (χ0) is 15.1. The molecule has 4 nitrogen and oxygen atoms in total. The Morgan fingerprint density at radius 1 is 1.10 bits per heavy atom. The van der Waals surface area contributed by atoms with Crippen molar-refractivity contribution in [2.45, 2.75) is 6.42 Å². The van der Waals surface area contributed by atoms with Crippen LogP contribution >= 0.6 is 11.8 Å². The summed E-state index contributed by atoms with van der Waals surface area (Å²) in [4.78, 5) is 15.9. The molecule has 2 aromatic rings. The topological polar surface area (TPSA) is 82.0 Å². The van der Waals surface area contributed by atoms with E-state index in [1.165, 1.54) is 11.8 Å². The Kier molecular flexibility index (Phi) is 5.54. The number of carbonyl (C=O) groups is 1.